The smallest absolute Gasteiger partial charge is 0.317 e. The predicted molar refractivity (Wildman–Crippen MR) is 78.3 cm³/mol. The predicted octanol–water partition coefficient (Wildman–Crippen LogP) is 2.73. The minimum Gasteiger partial charge on any atom is -0.333 e. The van der Waals surface area contributed by atoms with Crippen LogP contribution in [0.15, 0.2) is 12.7 Å². The highest BCUT2D eigenvalue weighted by molar-refractivity contribution is 7.11. The maximum absolute atomic E-state index is 12.1. The van der Waals surface area contributed by atoms with Gasteiger partial charge in [-0.2, -0.15) is 0 Å². The SMILES string of the molecule is C=C[C@H]1CCN(C(=O)NCc2sc(C)nc2CC)C1. The number of aromatic nitrogens is 1. The average Bonchev–Trinajstić information content (AvgIpc) is 3.01. The molecular weight excluding hydrogens is 258 g/mol. The lowest BCUT2D eigenvalue weighted by Crippen LogP contribution is -2.38. The first-order chi connectivity index (χ1) is 9.13. The first-order valence-electron chi connectivity index (χ1n) is 6.74. The van der Waals surface area contributed by atoms with E-state index in [0.29, 0.717) is 12.5 Å². The van der Waals surface area contributed by atoms with Gasteiger partial charge in [-0.05, 0) is 25.7 Å². The monoisotopic (exact) mass is 279 g/mol. The van der Waals surface area contributed by atoms with E-state index in [2.05, 4.69) is 23.8 Å². The Morgan fingerprint density at radius 2 is 2.47 bits per heavy atom. The van der Waals surface area contributed by atoms with E-state index in [1.807, 2.05) is 17.9 Å². The average molecular weight is 279 g/mol. The first-order valence-corrected chi connectivity index (χ1v) is 7.56. The van der Waals surface area contributed by atoms with Gasteiger partial charge in [0.25, 0.3) is 0 Å². The Bertz CT molecular complexity index is 469. The van der Waals surface area contributed by atoms with Crippen LogP contribution in [0.4, 0.5) is 4.79 Å². The summed E-state index contributed by atoms with van der Waals surface area (Å²) in [4.78, 5) is 19.6. The van der Waals surface area contributed by atoms with Crippen LogP contribution in [-0.4, -0.2) is 29.0 Å². The summed E-state index contributed by atoms with van der Waals surface area (Å²) >= 11 is 1.67. The lowest BCUT2D eigenvalue weighted by molar-refractivity contribution is 0.207. The molecule has 2 heterocycles. The second-order valence-electron chi connectivity index (χ2n) is 4.85. The van der Waals surface area contributed by atoms with Crippen molar-refractivity contribution in [2.45, 2.75) is 33.2 Å². The van der Waals surface area contributed by atoms with Crippen molar-refractivity contribution in [1.29, 1.82) is 0 Å². The number of rotatable bonds is 4. The molecule has 19 heavy (non-hydrogen) atoms. The molecule has 1 N–H and O–H groups in total. The van der Waals surface area contributed by atoms with Crippen LogP contribution in [-0.2, 0) is 13.0 Å². The fourth-order valence-electron chi connectivity index (χ4n) is 2.36. The van der Waals surface area contributed by atoms with E-state index in [4.69, 9.17) is 0 Å². The Hall–Kier alpha value is -1.36. The number of carbonyl (C=O) groups excluding carboxylic acids is 1. The van der Waals surface area contributed by atoms with Gasteiger partial charge >= 0.3 is 6.03 Å². The van der Waals surface area contributed by atoms with E-state index in [1.165, 1.54) is 4.88 Å². The number of hydrogen-bond donors (Lipinski definition) is 1. The fraction of sp³-hybridized carbons (Fsp3) is 0.571. The molecule has 0 unspecified atom stereocenters. The lowest BCUT2D eigenvalue weighted by Gasteiger charge is -2.16. The van der Waals surface area contributed by atoms with E-state index >= 15 is 0 Å². The molecule has 0 bridgehead atoms. The number of hydrogen-bond acceptors (Lipinski definition) is 3. The van der Waals surface area contributed by atoms with Crippen LogP contribution in [0.3, 0.4) is 0 Å². The second-order valence-corrected chi connectivity index (χ2v) is 6.13. The topological polar surface area (TPSA) is 45.2 Å². The number of nitrogens with zero attached hydrogens (tertiary/aromatic N) is 2. The maximum atomic E-state index is 12.1. The summed E-state index contributed by atoms with van der Waals surface area (Å²) in [5.74, 6) is 0.447. The Morgan fingerprint density at radius 1 is 1.68 bits per heavy atom. The van der Waals surface area contributed by atoms with Crippen molar-refractivity contribution >= 4 is 17.4 Å². The van der Waals surface area contributed by atoms with E-state index in [1.54, 1.807) is 11.3 Å². The molecule has 2 amide bonds. The van der Waals surface area contributed by atoms with Crippen molar-refractivity contribution in [2.24, 2.45) is 5.92 Å². The van der Waals surface area contributed by atoms with Gasteiger partial charge in [0.2, 0.25) is 0 Å². The Labute approximate surface area is 118 Å². The molecule has 0 saturated carbocycles. The molecule has 1 aliphatic rings. The van der Waals surface area contributed by atoms with Crippen LogP contribution in [0.2, 0.25) is 0 Å². The largest absolute Gasteiger partial charge is 0.333 e. The first kappa shape index (κ1) is 14.1. The van der Waals surface area contributed by atoms with Crippen molar-refractivity contribution in [3.05, 3.63) is 28.2 Å². The third kappa shape index (κ3) is 3.35. The normalized spacial score (nSPS) is 18.6. The zero-order valence-electron chi connectivity index (χ0n) is 11.6. The summed E-state index contributed by atoms with van der Waals surface area (Å²) in [6.07, 6.45) is 3.88. The Balaban J connectivity index is 1.88. The highest BCUT2D eigenvalue weighted by Crippen LogP contribution is 2.19. The molecule has 5 heteroatoms. The summed E-state index contributed by atoms with van der Waals surface area (Å²) < 4.78 is 0. The molecule has 1 fully saturated rings. The standard InChI is InChI=1S/C14H21N3OS/c1-4-11-6-7-17(9-11)14(18)15-8-13-12(5-2)16-10(3)19-13/h4,11H,1,5-9H2,2-3H3,(H,15,18)/t11-/m0/s1. The highest BCUT2D eigenvalue weighted by Gasteiger charge is 2.24. The van der Waals surface area contributed by atoms with Gasteiger partial charge in [0, 0.05) is 18.0 Å². The van der Waals surface area contributed by atoms with Crippen molar-refractivity contribution < 1.29 is 4.79 Å². The third-order valence-corrected chi connectivity index (χ3v) is 4.48. The van der Waals surface area contributed by atoms with Gasteiger partial charge in [0.15, 0.2) is 0 Å². The van der Waals surface area contributed by atoms with E-state index in [-0.39, 0.29) is 6.03 Å². The number of carbonyl (C=O) groups is 1. The van der Waals surface area contributed by atoms with Gasteiger partial charge in [-0.3, -0.25) is 0 Å². The number of aryl methyl sites for hydroxylation is 2. The van der Waals surface area contributed by atoms with Crippen molar-refractivity contribution in [1.82, 2.24) is 15.2 Å². The number of likely N-dealkylation sites (tertiary alicyclic amines) is 1. The molecule has 1 aromatic rings. The minimum atomic E-state index is 0.0254. The van der Waals surface area contributed by atoms with Crippen molar-refractivity contribution in [3.8, 4) is 0 Å². The summed E-state index contributed by atoms with van der Waals surface area (Å²) in [6, 6.07) is 0.0254. The number of urea groups is 1. The van der Waals surface area contributed by atoms with Gasteiger partial charge in [0.1, 0.15) is 0 Å². The van der Waals surface area contributed by atoms with Gasteiger partial charge in [-0.25, -0.2) is 9.78 Å². The Morgan fingerprint density at radius 3 is 3.11 bits per heavy atom. The van der Waals surface area contributed by atoms with E-state index in [9.17, 15) is 4.79 Å². The summed E-state index contributed by atoms with van der Waals surface area (Å²) in [6.45, 7) is 10.1. The molecule has 0 spiro atoms. The quantitative estimate of drug-likeness (QED) is 0.861. The number of amides is 2. The summed E-state index contributed by atoms with van der Waals surface area (Å²) in [7, 11) is 0. The van der Waals surface area contributed by atoms with Crippen LogP contribution in [0.25, 0.3) is 0 Å². The van der Waals surface area contributed by atoms with Crippen LogP contribution >= 0.6 is 11.3 Å². The molecule has 0 aromatic carbocycles. The summed E-state index contributed by atoms with van der Waals surface area (Å²) in [5, 5.41) is 4.06. The van der Waals surface area contributed by atoms with E-state index < -0.39 is 0 Å². The molecule has 1 aliphatic heterocycles. The molecule has 2 rings (SSSR count). The fourth-order valence-corrected chi connectivity index (χ4v) is 3.32. The summed E-state index contributed by atoms with van der Waals surface area (Å²) in [5.41, 5.74) is 1.10. The molecule has 1 aromatic heterocycles. The highest BCUT2D eigenvalue weighted by atomic mass is 32.1. The molecule has 0 radical (unpaired) electrons. The number of nitrogens with one attached hydrogen (secondary N) is 1. The Kier molecular flexibility index (Phi) is 4.58. The molecule has 104 valence electrons. The van der Waals surface area contributed by atoms with Crippen molar-refractivity contribution in [3.63, 3.8) is 0 Å². The maximum Gasteiger partial charge on any atom is 0.317 e. The molecule has 1 saturated heterocycles. The van der Waals surface area contributed by atoms with Crippen LogP contribution in [0.5, 0.6) is 0 Å². The molecule has 4 nitrogen and oxygen atoms in total. The molecule has 0 aliphatic carbocycles. The van der Waals surface area contributed by atoms with Crippen LogP contribution in [0, 0.1) is 12.8 Å². The number of thiazole rings is 1. The molecule has 1 atom stereocenters. The molecular formula is C14H21N3OS. The van der Waals surface area contributed by atoms with Gasteiger partial charge in [-0.1, -0.05) is 13.0 Å². The zero-order chi connectivity index (χ0) is 13.8. The third-order valence-electron chi connectivity index (χ3n) is 3.47. The van der Waals surface area contributed by atoms with Crippen LogP contribution < -0.4 is 5.32 Å². The van der Waals surface area contributed by atoms with Crippen LogP contribution in [0.1, 0.15) is 28.9 Å². The minimum absolute atomic E-state index is 0.0254. The van der Waals surface area contributed by atoms with Crippen molar-refractivity contribution in [2.75, 3.05) is 13.1 Å². The second kappa shape index (κ2) is 6.19. The lowest BCUT2D eigenvalue weighted by atomic mass is 10.1. The van der Waals surface area contributed by atoms with Gasteiger partial charge < -0.3 is 10.2 Å². The van der Waals surface area contributed by atoms with Gasteiger partial charge in [0.05, 0.1) is 17.2 Å². The zero-order valence-corrected chi connectivity index (χ0v) is 12.4. The van der Waals surface area contributed by atoms with E-state index in [0.717, 1.165) is 36.6 Å². The van der Waals surface area contributed by atoms with Gasteiger partial charge in [-0.15, -0.1) is 17.9 Å².